The lowest BCUT2D eigenvalue weighted by molar-refractivity contribution is 0.457. The number of hydrogen-bond donors (Lipinski definition) is 4. The maximum Gasteiger partial charge on any atom is 0.650 e. The van der Waals surface area contributed by atoms with Crippen LogP contribution in [0.2, 0.25) is 0 Å². The van der Waals surface area contributed by atoms with Gasteiger partial charge in [-0.2, -0.15) is 39.6 Å². The molecule has 73 heavy (non-hydrogen) atoms. The standard InChI is InChI=1S/C60H92N8O4Si/c1-9-17-21-25-29-53-45(13-5)33-37-49(57(53)69)41-61-65-73(66-62-42-50-38-34-46(14-6)54(58(50)70)30-26-22-18-10-2,67-63-43-51-39-35-47(15-7)55(59(51)71)31-27-23-19-11-3)68-64-44-52-40-36-48(16-8)56(60(52)72)32-28-24-20-12-4/h33-40,69-72H,9-32,41-44H2,1-8H3. The van der Waals surface area contributed by atoms with Gasteiger partial charge in [0.1, 0.15) is 23.0 Å². The van der Waals surface area contributed by atoms with Crippen LogP contribution in [0.25, 0.3) is 0 Å². The lowest BCUT2D eigenvalue weighted by Gasteiger charge is -2.15. The zero-order chi connectivity index (χ0) is 52.9. The molecule has 0 unspecified atom stereocenters. The average molecular weight is 1020 g/mol. The summed E-state index contributed by atoms with van der Waals surface area (Å²) < 4.78 is 19.2. The van der Waals surface area contributed by atoms with Crippen LogP contribution in [0.5, 0.6) is 23.0 Å². The van der Waals surface area contributed by atoms with E-state index < -0.39 is 8.72 Å². The maximum atomic E-state index is 11.7. The van der Waals surface area contributed by atoms with Gasteiger partial charge in [-0.3, -0.25) is 0 Å². The van der Waals surface area contributed by atoms with Crippen molar-refractivity contribution in [1.29, 1.82) is 0 Å². The summed E-state index contributed by atoms with van der Waals surface area (Å²) in [5, 5.41) is 65.5. The summed E-state index contributed by atoms with van der Waals surface area (Å²) in [4.78, 5) is 0. The summed E-state index contributed by atoms with van der Waals surface area (Å²) in [6.07, 6.45) is 23.8. The molecule has 4 rings (SSSR count). The molecule has 0 aliphatic heterocycles. The van der Waals surface area contributed by atoms with Crippen LogP contribution < -0.4 is 0 Å². The lowest BCUT2D eigenvalue weighted by atomic mass is 9.95. The van der Waals surface area contributed by atoms with Crippen molar-refractivity contribution < 1.29 is 20.4 Å². The molecule has 0 bridgehead atoms. The molecule has 0 aromatic heterocycles. The van der Waals surface area contributed by atoms with Crippen LogP contribution in [0, 0.1) is 0 Å². The average Bonchev–Trinajstić information content (AvgIpc) is 3.39. The van der Waals surface area contributed by atoms with E-state index >= 15 is 0 Å². The Balaban J connectivity index is 1.86. The van der Waals surface area contributed by atoms with Gasteiger partial charge in [0.25, 0.3) is 0 Å². The molecule has 4 aromatic carbocycles. The number of unbranched alkanes of at least 4 members (excludes halogenated alkanes) is 12. The molecule has 0 aliphatic carbocycles. The molecule has 4 aromatic rings. The molecule has 0 aliphatic rings. The van der Waals surface area contributed by atoms with E-state index in [-0.39, 0.29) is 49.2 Å². The molecule has 0 saturated heterocycles. The number of aromatic hydroxyl groups is 4. The monoisotopic (exact) mass is 1020 g/mol. The van der Waals surface area contributed by atoms with Crippen molar-refractivity contribution in [2.24, 2.45) is 39.6 Å². The Kier molecular flexibility index (Phi) is 27.7. The Labute approximate surface area is 440 Å². The third-order valence-electron chi connectivity index (χ3n) is 14.3. The van der Waals surface area contributed by atoms with Gasteiger partial charge in [-0.1, -0.05) is 181 Å². The van der Waals surface area contributed by atoms with Crippen molar-refractivity contribution in [2.45, 2.75) is 236 Å². The molecule has 0 radical (unpaired) electrons. The molecule has 13 heteroatoms. The molecule has 400 valence electrons. The van der Waals surface area contributed by atoms with Crippen LogP contribution in [0.15, 0.2) is 88.1 Å². The van der Waals surface area contributed by atoms with Crippen LogP contribution in [0.3, 0.4) is 0 Å². The fraction of sp³-hybridized carbons (Fsp3) is 0.600. The first-order chi connectivity index (χ1) is 35.5. The second kappa shape index (κ2) is 33.5. The molecule has 0 fully saturated rings. The van der Waals surface area contributed by atoms with Crippen molar-refractivity contribution in [3.8, 4) is 23.0 Å². The molecule has 12 nitrogen and oxygen atoms in total. The van der Waals surface area contributed by atoms with E-state index in [1.54, 1.807) is 0 Å². The first kappa shape index (κ1) is 60.3. The predicted octanol–water partition coefficient (Wildman–Crippen LogP) is 17.6. The third-order valence-corrected chi connectivity index (χ3v) is 15.9. The number of hydrogen-bond acceptors (Lipinski definition) is 12. The van der Waals surface area contributed by atoms with Gasteiger partial charge in [-0.15, -0.1) is 0 Å². The Hall–Kier alpha value is -5.30. The Bertz CT molecular complexity index is 2070. The topological polar surface area (TPSA) is 180 Å². The van der Waals surface area contributed by atoms with E-state index in [4.69, 9.17) is 19.1 Å². The normalized spacial score (nSPS) is 12.9. The number of phenols is 4. The minimum atomic E-state index is -4.22. The SMILES string of the molecule is CCCCCCc1c(CC)ccc(CN=N[Si](N=NCc2ccc(CC)c(CCCCCC)c2O)(N=NCc2ccc(CC)c(CCCCCC)c2O)N=NCc2ccc(CC)c(CCCCCC)c2O)c1O. The second-order valence-electron chi connectivity index (χ2n) is 19.7. The summed E-state index contributed by atoms with van der Waals surface area (Å²) in [6.45, 7) is 17.4. The number of nitrogens with zero attached hydrogens (tertiary/aromatic N) is 8. The minimum Gasteiger partial charge on any atom is -0.507 e. The molecule has 0 atom stereocenters. The number of rotatable bonds is 36. The highest BCUT2D eigenvalue weighted by Gasteiger charge is 2.40. The molecule has 4 N–H and O–H groups in total. The Morgan fingerprint density at radius 1 is 0.288 bits per heavy atom. The van der Waals surface area contributed by atoms with Gasteiger partial charge in [0.2, 0.25) is 0 Å². The third kappa shape index (κ3) is 18.5. The molecular weight excluding hydrogens is 925 g/mol. The molecule has 0 spiro atoms. The first-order valence-electron chi connectivity index (χ1n) is 28.4. The zero-order valence-corrected chi connectivity index (χ0v) is 47.3. The molecule has 0 saturated carbocycles. The van der Waals surface area contributed by atoms with Gasteiger partial charge >= 0.3 is 8.72 Å². The van der Waals surface area contributed by atoms with Crippen LogP contribution in [-0.4, -0.2) is 29.1 Å². The summed E-state index contributed by atoms with van der Waals surface area (Å²) in [5.74, 6) is 0.931. The fourth-order valence-corrected chi connectivity index (χ4v) is 11.0. The lowest BCUT2D eigenvalue weighted by Crippen LogP contribution is -2.24. The number of aryl methyl sites for hydroxylation is 4. The fourth-order valence-electron chi connectivity index (χ4n) is 9.72. The second-order valence-corrected chi connectivity index (χ2v) is 21.7. The van der Waals surface area contributed by atoms with Gasteiger partial charge in [-0.25, -0.2) is 0 Å². The smallest absolute Gasteiger partial charge is 0.507 e. The van der Waals surface area contributed by atoms with Crippen molar-refractivity contribution in [3.05, 3.63) is 115 Å². The van der Waals surface area contributed by atoms with Gasteiger partial charge < -0.3 is 20.4 Å². The van der Waals surface area contributed by atoms with E-state index in [0.717, 1.165) is 199 Å². The summed E-state index contributed by atoms with van der Waals surface area (Å²) in [6, 6.07) is 15.9. The maximum absolute atomic E-state index is 11.7. The first-order valence-corrected chi connectivity index (χ1v) is 30.2. The van der Waals surface area contributed by atoms with E-state index in [1.165, 1.54) is 0 Å². The highest BCUT2D eigenvalue weighted by Crippen LogP contribution is 2.34. The molecular formula is C60H92N8O4Si. The zero-order valence-electron chi connectivity index (χ0n) is 46.3. The summed E-state index contributed by atoms with van der Waals surface area (Å²) in [5.41, 5.74) is 10.8. The van der Waals surface area contributed by atoms with Gasteiger partial charge in [0, 0.05) is 22.3 Å². The van der Waals surface area contributed by atoms with E-state index in [1.807, 2.05) is 24.3 Å². The number of benzene rings is 4. The van der Waals surface area contributed by atoms with Crippen molar-refractivity contribution in [1.82, 2.24) is 0 Å². The summed E-state index contributed by atoms with van der Waals surface area (Å²) >= 11 is 0. The van der Waals surface area contributed by atoms with Crippen LogP contribution in [0.4, 0.5) is 0 Å². The molecule has 0 heterocycles. The Morgan fingerprint density at radius 2 is 0.493 bits per heavy atom. The number of phenolic OH excluding ortho intramolecular Hbond substituents is 4. The summed E-state index contributed by atoms with van der Waals surface area (Å²) in [7, 11) is -4.22. The highest BCUT2D eigenvalue weighted by molar-refractivity contribution is 6.72. The predicted molar refractivity (Wildman–Crippen MR) is 301 cm³/mol. The van der Waals surface area contributed by atoms with E-state index in [2.05, 4.69) is 100 Å². The van der Waals surface area contributed by atoms with E-state index in [9.17, 15) is 20.4 Å². The molecule has 0 amide bonds. The van der Waals surface area contributed by atoms with Gasteiger partial charge in [-0.05, 0) is 122 Å². The van der Waals surface area contributed by atoms with Crippen molar-refractivity contribution in [2.75, 3.05) is 0 Å². The highest BCUT2D eigenvalue weighted by atomic mass is 28.4. The van der Waals surface area contributed by atoms with Crippen molar-refractivity contribution >= 4 is 8.72 Å². The van der Waals surface area contributed by atoms with Gasteiger partial charge in [0.15, 0.2) is 0 Å². The van der Waals surface area contributed by atoms with Crippen molar-refractivity contribution in [3.63, 3.8) is 0 Å². The van der Waals surface area contributed by atoms with Crippen LogP contribution in [-0.2, 0) is 77.5 Å². The minimum absolute atomic E-state index is 0.0368. The van der Waals surface area contributed by atoms with Crippen LogP contribution >= 0.6 is 0 Å². The van der Waals surface area contributed by atoms with Crippen LogP contribution in [0.1, 0.15) is 225 Å². The quantitative estimate of drug-likeness (QED) is 0.0201. The Morgan fingerprint density at radius 3 is 0.685 bits per heavy atom. The van der Waals surface area contributed by atoms with E-state index in [0.29, 0.717) is 22.3 Å². The largest absolute Gasteiger partial charge is 0.650 e. The van der Waals surface area contributed by atoms with Gasteiger partial charge in [0.05, 0.1) is 26.2 Å².